The molecule has 28 heavy (non-hydrogen) atoms. The predicted octanol–water partition coefficient (Wildman–Crippen LogP) is 7.30. The number of unbranched alkanes of at least 4 members (excludes halogenated alkanes) is 5. The molecular formula is C26H36N2. The van der Waals surface area contributed by atoms with E-state index in [1.54, 1.807) is 0 Å². The maximum Gasteiger partial charge on any atom is 0.0389 e. The first kappa shape index (κ1) is 21.9. The maximum atomic E-state index is 4.59. The topological polar surface area (TPSA) is 15.6 Å². The third-order valence-corrected chi connectivity index (χ3v) is 5.02. The van der Waals surface area contributed by atoms with E-state index in [0.29, 0.717) is 0 Å². The first-order valence-electron chi connectivity index (χ1n) is 10.7. The van der Waals surface area contributed by atoms with E-state index in [1.165, 1.54) is 66.1 Å². The summed E-state index contributed by atoms with van der Waals surface area (Å²) >= 11 is 0. The summed E-state index contributed by atoms with van der Waals surface area (Å²) in [5.74, 6) is 0. The van der Waals surface area contributed by atoms with Gasteiger partial charge >= 0.3 is 0 Å². The van der Waals surface area contributed by atoms with Crippen LogP contribution in [-0.4, -0.2) is 26.9 Å². The van der Waals surface area contributed by atoms with Crippen molar-refractivity contribution in [2.24, 2.45) is 4.99 Å². The number of aliphatic imine (C=N–C) groups is 1. The summed E-state index contributed by atoms with van der Waals surface area (Å²) in [6.07, 6.45) is 16.2. The number of allylic oxidation sites excluding steroid dienone is 4. The third kappa shape index (κ3) is 6.99. The quantitative estimate of drug-likeness (QED) is 0.228. The van der Waals surface area contributed by atoms with E-state index in [-0.39, 0.29) is 0 Å². The van der Waals surface area contributed by atoms with Crippen LogP contribution in [0.2, 0.25) is 0 Å². The number of fused-ring (bicyclic) bond motifs is 1. The lowest BCUT2D eigenvalue weighted by Crippen LogP contribution is -2.07. The van der Waals surface area contributed by atoms with Gasteiger partial charge in [-0.15, -0.1) is 0 Å². The largest absolute Gasteiger partial charge is 0.378 e. The van der Waals surface area contributed by atoms with Crippen molar-refractivity contribution in [3.63, 3.8) is 0 Å². The molecule has 0 radical (unpaired) electrons. The summed E-state index contributed by atoms with van der Waals surface area (Å²) < 4.78 is 0. The molecular weight excluding hydrogens is 340 g/mol. The molecule has 0 aliphatic rings. The van der Waals surface area contributed by atoms with Crippen molar-refractivity contribution in [1.82, 2.24) is 0 Å². The molecule has 2 heteroatoms. The zero-order chi connectivity index (χ0) is 20.2. The Labute approximate surface area is 171 Å². The van der Waals surface area contributed by atoms with Gasteiger partial charge in [-0.3, -0.25) is 4.99 Å². The first-order valence-corrected chi connectivity index (χ1v) is 10.7. The van der Waals surface area contributed by atoms with Crippen LogP contribution >= 0.6 is 0 Å². The highest BCUT2D eigenvalue weighted by Crippen LogP contribution is 2.25. The number of hydrogen-bond acceptors (Lipinski definition) is 2. The minimum atomic E-state index is 0.927. The van der Waals surface area contributed by atoms with Crippen LogP contribution < -0.4 is 4.90 Å². The van der Waals surface area contributed by atoms with Gasteiger partial charge in [-0.1, -0.05) is 69.4 Å². The van der Waals surface area contributed by atoms with Gasteiger partial charge in [-0.05, 0) is 59.5 Å². The van der Waals surface area contributed by atoms with E-state index < -0.39 is 0 Å². The van der Waals surface area contributed by atoms with Crippen molar-refractivity contribution in [1.29, 1.82) is 0 Å². The van der Waals surface area contributed by atoms with Gasteiger partial charge in [0.1, 0.15) is 0 Å². The number of nitrogens with zero attached hydrogens (tertiary/aromatic N) is 2. The predicted molar refractivity (Wildman–Crippen MR) is 128 cm³/mol. The highest BCUT2D eigenvalue weighted by Gasteiger charge is 2.02. The summed E-state index contributed by atoms with van der Waals surface area (Å²) in [5, 5.41) is 2.54. The molecule has 0 heterocycles. The molecule has 0 saturated heterocycles. The van der Waals surface area contributed by atoms with Crippen LogP contribution in [-0.2, 0) is 0 Å². The highest BCUT2D eigenvalue weighted by atomic mass is 15.1. The monoisotopic (exact) mass is 376 g/mol. The lowest BCUT2D eigenvalue weighted by atomic mass is 10.00. The van der Waals surface area contributed by atoms with Gasteiger partial charge in [0.15, 0.2) is 0 Å². The Bertz CT molecular complexity index is 812. The van der Waals surface area contributed by atoms with E-state index in [0.717, 1.165) is 6.54 Å². The maximum absolute atomic E-state index is 4.59. The molecule has 0 bridgehead atoms. The molecule has 0 fully saturated rings. The number of benzene rings is 2. The summed E-state index contributed by atoms with van der Waals surface area (Å²) in [4.78, 5) is 6.73. The van der Waals surface area contributed by atoms with E-state index >= 15 is 0 Å². The minimum Gasteiger partial charge on any atom is -0.378 e. The Kier molecular flexibility index (Phi) is 9.54. The average Bonchev–Trinajstić information content (AvgIpc) is 2.71. The SMILES string of the molecule is C/C=C\C(=C/C=NCCCCCCCC)c1ccc2cc(N(C)C)ccc2c1. The van der Waals surface area contributed by atoms with Crippen molar-refractivity contribution in [3.05, 3.63) is 60.2 Å². The standard InChI is InChI=1S/C26H36N2/c1-5-7-8-9-10-11-18-27-19-17-22(12-6-2)23-13-14-25-21-26(28(3)4)16-15-24(25)20-23/h6,12-17,19-21H,5,7-11,18H2,1-4H3/b12-6-,22-17+,27-19?. The molecule has 0 aliphatic carbocycles. The van der Waals surface area contributed by atoms with Crippen LogP contribution in [0.4, 0.5) is 5.69 Å². The highest BCUT2D eigenvalue weighted by molar-refractivity contribution is 5.93. The van der Waals surface area contributed by atoms with Gasteiger partial charge in [0.2, 0.25) is 0 Å². The Morgan fingerprint density at radius 2 is 1.64 bits per heavy atom. The van der Waals surface area contributed by atoms with Gasteiger partial charge in [0.25, 0.3) is 0 Å². The Morgan fingerprint density at radius 3 is 2.39 bits per heavy atom. The molecule has 0 aromatic heterocycles. The molecule has 0 unspecified atom stereocenters. The van der Waals surface area contributed by atoms with E-state index in [2.05, 4.69) is 92.5 Å². The number of hydrogen-bond donors (Lipinski definition) is 0. The second kappa shape index (κ2) is 12.2. The molecule has 2 rings (SSSR count). The Balaban J connectivity index is 2.03. The average molecular weight is 377 g/mol. The fourth-order valence-electron chi connectivity index (χ4n) is 3.31. The zero-order valence-electron chi connectivity index (χ0n) is 18.1. The lowest BCUT2D eigenvalue weighted by Gasteiger charge is -2.13. The van der Waals surface area contributed by atoms with E-state index in [1.807, 2.05) is 6.21 Å². The lowest BCUT2D eigenvalue weighted by molar-refractivity contribution is 0.613. The molecule has 0 amide bonds. The molecule has 0 spiro atoms. The van der Waals surface area contributed by atoms with Gasteiger partial charge in [0.05, 0.1) is 0 Å². The zero-order valence-corrected chi connectivity index (χ0v) is 18.1. The van der Waals surface area contributed by atoms with Gasteiger partial charge in [-0.25, -0.2) is 0 Å². The van der Waals surface area contributed by atoms with Crippen LogP contribution in [0.5, 0.6) is 0 Å². The fourth-order valence-corrected chi connectivity index (χ4v) is 3.31. The van der Waals surface area contributed by atoms with Crippen LogP contribution in [0.3, 0.4) is 0 Å². The van der Waals surface area contributed by atoms with Crippen molar-refractivity contribution in [3.8, 4) is 0 Å². The smallest absolute Gasteiger partial charge is 0.0389 e. The second-order valence-corrected chi connectivity index (χ2v) is 7.59. The van der Waals surface area contributed by atoms with Gasteiger partial charge in [0, 0.05) is 32.5 Å². The third-order valence-electron chi connectivity index (χ3n) is 5.02. The van der Waals surface area contributed by atoms with E-state index in [4.69, 9.17) is 0 Å². The van der Waals surface area contributed by atoms with Gasteiger partial charge < -0.3 is 4.90 Å². The molecule has 2 aromatic rings. The summed E-state index contributed by atoms with van der Waals surface area (Å²) in [6, 6.07) is 13.3. The molecule has 0 aliphatic heterocycles. The molecule has 150 valence electrons. The van der Waals surface area contributed by atoms with Crippen LogP contribution in [0.1, 0.15) is 57.9 Å². The normalized spacial score (nSPS) is 12.5. The summed E-state index contributed by atoms with van der Waals surface area (Å²) in [5.41, 5.74) is 3.66. The summed E-state index contributed by atoms with van der Waals surface area (Å²) in [7, 11) is 4.15. The van der Waals surface area contributed by atoms with Crippen molar-refractivity contribution >= 4 is 28.2 Å². The molecule has 0 atom stereocenters. The number of anilines is 1. The first-order chi connectivity index (χ1) is 13.7. The van der Waals surface area contributed by atoms with Crippen LogP contribution in [0.15, 0.2) is 59.6 Å². The van der Waals surface area contributed by atoms with Crippen molar-refractivity contribution in [2.75, 3.05) is 25.5 Å². The Hall–Kier alpha value is -2.35. The molecule has 2 nitrogen and oxygen atoms in total. The minimum absolute atomic E-state index is 0.927. The van der Waals surface area contributed by atoms with Gasteiger partial charge in [-0.2, -0.15) is 0 Å². The van der Waals surface area contributed by atoms with Crippen LogP contribution in [0, 0.1) is 0 Å². The van der Waals surface area contributed by atoms with Crippen molar-refractivity contribution < 1.29 is 0 Å². The number of rotatable bonds is 11. The molecule has 2 aromatic carbocycles. The summed E-state index contributed by atoms with van der Waals surface area (Å²) in [6.45, 7) is 5.25. The van der Waals surface area contributed by atoms with Crippen molar-refractivity contribution in [2.45, 2.75) is 52.4 Å². The molecule has 0 N–H and O–H groups in total. The fraction of sp³-hybridized carbons (Fsp3) is 0.423. The second-order valence-electron chi connectivity index (χ2n) is 7.59. The van der Waals surface area contributed by atoms with Crippen LogP contribution in [0.25, 0.3) is 16.3 Å². The van der Waals surface area contributed by atoms with E-state index in [9.17, 15) is 0 Å². The molecule has 0 saturated carbocycles. The Morgan fingerprint density at radius 1 is 0.929 bits per heavy atom.